The number of amides is 1. The van der Waals surface area contributed by atoms with E-state index in [1.165, 1.54) is 135 Å². The maximum Gasteiger partial charge on any atom is 0.220 e. The summed E-state index contributed by atoms with van der Waals surface area (Å²) < 4.78 is 11.2. The van der Waals surface area contributed by atoms with Gasteiger partial charge in [-0.1, -0.05) is 181 Å². The number of aliphatic hydroxyl groups excluding tert-OH is 5. The minimum atomic E-state index is -1.55. The summed E-state index contributed by atoms with van der Waals surface area (Å²) in [5.74, 6) is -0.145. The molecule has 1 amide bonds. The predicted octanol–water partition coefficient (Wildman–Crippen LogP) is 8.00. The number of carbonyl (C=O) groups is 1. The lowest BCUT2D eigenvalue weighted by Gasteiger charge is -2.40. The van der Waals surface area contributed by atoms with Crippen LogP contribution in [0.1, 0.15) is 200 Å². The van der Waals surface area contributed by atoms with Gasteiger partial charge in [-0.2, -0.15) is 0 Å². The first kappa shape index (κ1) is 47.2. The lowest BCUT2D eigenvalue weighted by molar-refractivity contribution is -0.302. The van der Waals surface area contributed by atoms with Gasteiger partial charge in [0, 0.05) is 6.42 Å². The average molecular weight is 716 g/mol. The highest BCUT2D eigenvalue weighted by Crippen LogP contribution is 2.23. The highest BCUT2D eigenvalue weighted by molar-refractivity contribution is 5.76. The van der Waals surface area contributed by atoms with Gasteiger partial charge in [0.2, 0.25) is 5.91 Å². The first-order valence-electron chi connectivity index (χ1n) is 21.2. The molecule has 0 radical (unpaired) electrons. The first-order valence-corrected chi connectivity index (χ1v) is 21.2. The molecule has 9 heteroatoms. The molecule has 1 saturated heterocycles. The summed E-state index contributed by atoms with van der Waals surface area (Å²) in [5.41, 5.74) is 0. The molecule has 0 bridgehead atoms. The van der Waals surface area contributed by atoms with Crippen molar-refractivity contribution in [1.82, 2.24) is 5.32 Å². The molecular formula is C41H81NO8. The third-order valence-electron chi connectivity index (χ3n) is 10.5. The van der Waals surface area contributed by atoms with Gasteiger partial charge < -0.3 is 40.3 Å². The van der Waals surface area contributed by atoms with Gasteiger partial charge in [-0.15, -0.1) is 0 Å². The molecule has 0 aromatic heterocycles. The maximum absolute atomic E-state index is 12.9. The minimum absolute atomic E-state index is 0.132. The maximum atomic E-state index is 12.9. The molecule has 1 fully saturated rings. The number of ether oxygens (including phenoxy) is 2. The van der Waals surface area contributed by atoms with E-state index in [4.69, 9.17) is 9.47 Å². The number of unbranched alkanes of at least 4 members (excludes halogenated alkanes) is 25. The van der Waals surface area contributed by atoms with Crippen LogP contribution < -0.4 is 5.32 Å². The van der Waals surface area contributed by atoms with Crippen molar-refractivity contribution >= 4 is 5.91 Å². The van der Waals surface area contributed by atoms with E-state index in [0.29, 0.717) is 12.8 Å². The molecule has 0 saturated carbocycles. The Morgan fingerprint density at radius 3 is 1.42 bits per heavy atom. The number of carbonyl (C=O) groups excluding carboxylic acids is 1. The van der Waals surface area contributed by atoms with E-state index in [1.54, 1.807) is 0 Å². The zero-order chi connectivity index (χ0) is 36.7. The highest BCUT2D eigenvalue weighted by atomic mass is 16.7. The van der Waals surface area contributed by atoms with Crippen LogP contribution in [0, 0.1) is 0 Å². The summed E-state index contributed by atoms with van der Waals surface area (Å²) in [6, 6.07) is -0.709. The quantitative estimate of drug-likeness (QED) is 0.0362. The van der Waals surface area contributed by atoms with Crippen molar-refractivity contribution in [2.75, 3.05) is 13.2 Å². The second kappa shape index (κ2) is 32.8. The summed E-state index contributed by atoms with van der Waals surface area (Å²) in [6.07, 6.45) is 26.8. The van der Waals surface area contributed by atoms with Crippen LogP contribution in [-0.2, 0) is 14.3 Å². The van der Waals surface area contributed by atoms with E-state index in [0.717, 1.165) is 38.5 Å². The van der Waals surface area contributed by atoms with Crippen LogP contribution in [0.25, 0.3) is 0 Å². The molecule has 7 unspecified atom stereocenters. The van der Waals surface area contributed by atoms with E-state index in [9.17, 15) is 30.3 Å². The molecule has 0 aromatic carbocycles. The molecule has 6 N–H and O–H groups in total. The van der Waals surface area contributed by atoms with Crippen LogP contribution in [-0.4, -0.2) is 87.5 Å². The SMILES string of the molecule is CCCCCCCCCCCCCCCCCCCC(O)C(COC1OC(CO)C(O)C(O)C1O)NC(=O)CCCCCCCCCCCC. The van der Waals surface area contributed by atoms with Crippen LogP contribution in [0.5, 0.6) is 0 Å². The number of aliphatic hydroxyl groups is 5. The van der Waals surface area contributed by atoms with Crippen LogP contribution in [0.15, 0.2) is 0 Å². The van der Waals surface area contributed by atoms with Crippen LogP contribution in [0.4, 0.5) is 0 Å². The molecule has 1 aliphatic rings. The number of hydrogen-bond donors (Lipinski definition) is 6. The van der Waals surface area contributed by atoms with E-state index in [1.807, 2.05) is 0 Å². The Balaban J connectivity index is 2.34. The van der Waals surface area contributed by atoms with Gasteiger partial charge in [0.1, 0.15) is 24.4 Å². The second-order valence-electron chi connectivity index (χ2n) is 15.1. The van der Waals surface area contributed by atoms with Crippen molar-refractivity contribution in [3.63, 3.8) is 0 Å². The summed E-state index contributed by atoms with van der Waals surface area (Å²) in [7, 11) is 0. The summed E-state index contributed by atoms with van der Waals surface area (Å²) in [6.45, 7) is 3.82. The zero-order valence-electron chi connectivity index (χ0n) is 32.4. The molecular weight excluding hydrogens is 634 g/mol. The number of hydrogen-bond acceptors (Lipinski definition) is 8. The molecule has 1 aliphatic heterocycles. The lowest BCUT2D eigenvalue weighted by Crippen LogP contribution is -2.60. The lowest BCUT2D eigenvalue weighted by atomic mass is 9.99. The highest BCUT2D eigenvalue weighted by Gasteiger charge is 2.44. The fourth-order valence-corrected chi connectivity index (χ4v) is 6.98. The Labute approximate surface area is 306 Å². The molecule has 1 heterocycles. The predicted molar refractivity (Wildman–Crippen MR) is 203 cm³/mol. The Morgan fingerprint density at radius 1 is 0.600 bits per heavy atom. The smallest absolute Gasteiger partial charge is 0.220 e. The van der Waals surface area contributed by atoms with Crippen molar-refractivity contribution in [1.29, 1.82) is 0 Å². The van der Waals surface area contributed by atoms with Crippen molar-refractivity contribution in [2.45, 2.75) is 243 Å². The molecule has 298 valence electrons. The van der Waals surface area contributed by atoms with Gasteiger partial charge >= 0.3 is 0 Å². The van der Waals surface area contributed by atoms with Gasteiger partial charge in [-0.3, -0.25) is 4.79 Å². The third-order valence-corrected chi connectivity index (χ3v) is 10.5. The Hall–Kier alpha value is -0.810. The Morgan fingerprint density at radius 2 is 1.00 bits per heavy atom. The Kier molecular flexibility index (Phi) is 31.0. The van der Waals surface area contributed by atoms with Gasteiger partial charge in [0.05, 0.1) is 25.4 Å². The van der Waals surface area contributed by atoms with Crippen LogP contribution in [0.3, 0.4) is 0 Å². The topological polar surface area (TPSA) is 149 Å². The molecule has 50 heavy (non-hydrogen) atoms. The molecule has 7 atom stereocenters. The fraction of sp³-hybridized carbons (Fsp3) is 0.976. The second-order valence-corrected chi connectivity index (χ2v) is 15.1. The Bertz CT molecular complexity index is 756. The van der Waals surface area contributed by atoms with Gasteiger partial charge in [0.25, 0.3) is 0 Å². The summed E-state index contributed by atoms with van der Waals surface area (Å²) >= 11 is 0. The molecule has 0 aliphatic carbocycles. The van der Waals surface area contributed by atoms with Crippen molar-refractivity contribution < 1.29 is 39.8 Å². The fourth-order valence-electron chi connectivity index (χ4n) is 6.98. The molecule has 0 spiro atoms. The van der Waals surface area contributed by atoms with E-state index >= 15 is 0 Å². The van der Waals surface area contributed by atoms with Gasteiger partial charge in [0.15, 0.2) is 6.29 Å². The van der Waals surface area contributed by atoms with Crippen molar-refractivity contribution in [2.24, 2.45) is 0 Å². The molecule has 9 nitrogen and oxygen atoms in total. The average Bonchev–Trinajstić information content (AvgIpc) is 3.11. The molecule has 0 aromatic rings. The van der Waals surface area contributed by atoms with Gasteiger partial charge in [-0.05, 0) is 12.8 Å². The normalized spacial score (nSPS) is 22.1. The monoisotopic (exact) mass is 716 g/mol. The van der Waals surface area contributed by atoms with Crippen LogP contribution in [0.2, 0.25) is 0 Å². The summed E-state index contributed by atoms with van der Waals surface area (Å²) in [5, 5.41) is 54.1. The first-order chi connectivity index (χ1) is 24.3. The van der Waals surface area contributed by atoms with E-state index < -0.39 is 49.5 Å². The number of rotatable bonds is 35. The van der Waals surface area contributed by atoms with E-state index in [-0.39, 0.29) is 12.5 Å². The summed E-state index contributed by atoms with van der Waals surface area (Å²) in [4.78, 5) is 12.9. The molecule has 1 rings (SSSR count). The minimum Gasteiger partial charge on any atom is -0.394 e. The van der Waals surface area contributed by atoms with Crippen LogP contribution >= 0.6 is 0 Å². The van der Waals surface area contributed by atoms with E-state index in [2.05, 4.69) is 19.2 Å². The standard InChI is InChI=1S/C41H81NO8/c1-3-5-7-9-11-13-15-16-17-18-19-20-21-22-24-26-28-30-35(44)34(33-49-41-40(48)39(47)38(46)36(32-43)50-41)42-37(45)31-29-27-25-23-14-12-10-8-6-4-2/h34-36,38-41,43-44,46-48H,3-33H2,1-2H3,(H,42,45). The third kappa shape index (κ3) is 23.7. The zero-order valence-corrected chi connectivity index (χ0v) is 32.4. The van der Waals surface area contributed by atoms with Gasteiger partial charge in [-0.25, -0.2) is 0 Å². The van der Waals surface area contributed by atoms with Crippen molar-refractivity contribution in [3.05, 3.63) is 0 Å². The van der Waals surface area contributed by atoms with Crippen molar-refractivity contribution in [3.8, 4) is 0 Å². The number of nitrogens with one attached hydrogen (secondary N) is 1. The largest absolute Gasteiger partial charge is 0.394 e.